The molecule has 0 aromatic rings. The Morgan fingerprint density at radius 2 is 2.50 bits per heavy atom. The lowest BCUT2D eigenvalue weighted by Gasteiger charge is -1.88. The molecule has 0 radical (unpaired) electrons. The van der Waals surface area contributed by atoms with Gasteiger partial charge in [-0.25, -0.2) is 0 Å². The van der Waals surface area contributed by atoms with Crippen molar-refractivity contribution >= 4 is 12.1 Å². The van der Waals surface area contributed by atoms with Crippen molar-refractivity contribution in [2.75, 3.05) is 6.54 Å². The van der Waals surface area contributed by atoms with Crippen molar-refractivity contribution in [2.45, 2.75) is 0 Å². The van der Waals surface area contributed by atoms with Crippen LogP contribution in [0.5, 0.6) is 0 Å². The molecule has 0 aliphatic carbocycles. The highest BCUT2D eigenvalue weighted by Gasteiger charge is 1.99. The summed E-state index contributed by atoms with van der Waals surface area (Å²) in [6.07, 6.45) is 6.76. The Labute approximate surface area is 58.9 Å². The second-order valence-corrected chi connectivity index (χ2v) is 1.91. The Hall–Kier alpha value is -1.38. The molecular formula is C7H8N2O. The second-order valence-electron chi connectivity index (χ2n) is 1.91. The van der Waals surface area contributed by atoms with Gasteiger partial charge in [0.2, 0.25) is 5.91 Å². The van der Waals surface area contributed by atoms with E-state index in [2.05, 4.69) is 4.99 Å². The van der Waals surface area contributed by atoms with Crippen LogP contribution >= 0.6 is 0 Å². The number of allylic oxidation sites excluding steroid dienone is 2. The van der Waals surface area contributed by atoms with Gasteiger partial charge in [0.1, 0.15) is 0 Å². The molecule has 0 saturated carbocycles. The highest BCUT2D eigenvalue weighted by molar-refractivity contribution is 6.11. The van der Waals surface area contributed by atoms with E-state index in [1.807, 2.05) is 6.08 Å². The number of primary amides is 1. The molecule has 0 unspecified atom stereocenters. The third kappa shape index (κ3) is 1.55. The average Bonchev–Trinajstić information content (AvgIpc) is 2.12. The predicted molar refractivity (Wildman–Crippen MR) is 39.8 cm³/mol. The minimum atomic E-state index is -0.435. The van der Waals surface area contributed by atoms with Crippen molar-refractivity contribution in [1.82, 2.24) is 0 Å². The van der Waals surface area contributed by atoms with E-state index in [-0.39, 0.29) is 0 Å². The Morgan fingerprint density at radius 1 is 1.70 bits per heavy atom. The summed E-state index contributed by atoms with van der Waals surface area (Å²) in [6, 6.07) is 0. The van der Waals surface area contributed by atoms with E-state index in [0.29, 0.717) is 12.1 Å². The molecule has 1 aliphatic heterocycles. The molecule has 3 heteroatoms. The van der Waals surface area contributed by atoms with Crippen molar-refractivity contribution in [3.8, 4) is 0 Å². The van der Waals surface area contributed by atoms with Crippen LogP contribution in [0.15, 0.2) is 28.8 Å². The summed E-state index contributed by atoms with van der Waals surface area (Å²) < 4.78 is 0. The molecule has 0 aromatic carbocycles. The third-order valence-corrected chi connectivity index (χ3v) is 1.14. The van der Waals surface area contributed by atoms with Gasteiger partial charge in [-0.15, -0.1) is 0 Å². The second kappa shape index (κ2) is 2.96. The molecule has 0 spiro atoms. The first-order chi connectivity index (χ1) is 4.80. The number of nitrogens with zero attached hydrogens (tertiary/aromatic N) is 1. The zero-order valence-corrected chi connectivity index (χ0v) is 5.45. The fourth-order valence-corrected chi connectivity index (χ4v) is 0.633. The molecule has 1 aliphatic rings. The molecule has 3 nitrogen and oxygen atoms in total. The first-order valence-corrected chi connectivity index (χ1v) is 2.97. The van der Waals surface area contributed by atoms with Gasteiger partial charge in [-0.05, 0) is 6.08 Å². The summed E-state index contributed by atoms with van der Waals surface area (Å²) in [4.78, 5) is 14.4. The van der Waals surface area contributed by atoms with Crippen LogP contribution < -0.4 is 5.73 Å². The molecule has 52 valence electrons. The lowest BCUT2D eigenvalue weighted by atomic mass is 10.2. The van der Waals surface area contributed by atoms with Gasteiger partial charge in [0.25, 0.3) is 0 Å². The molecule has 10 heavy (non-hydrogen) atoms. The van der Waals surface area contributed by atoms with Gasteiger partial charge in [-0.2, -0.15) is 0 Å². The maximum absolute atomic E-state index is 10.5. The standard InChI is InChI=1S/C7H8N2O/c8-7(10)6-3-1-2-4-9-5-6/h1-3,5H,4H2,(H2,8,10). The summed E-state index contributed by atoms with van der Waals surface area (Å²) in [5.74, 6) is -0.435. The predicted octanol–water partition coefficient (Wildman–Crippen LogP) is 0.0387. The van der Waals surface area contributed by atoms with Gasteiger partial charge >= 0.3 is 0 Å². The van der Waals surface area contributed by atoms with Crippen LogP contribution in [-0.2, 0) is 4.79 Å². The molecule has 0 saturated heterocycles. The number of carbonyl (C=O) groups is 1. The zero-order chi connectivity index (χ0) is 7.40. The highest BCUT2D eigenvalue weighted by atomic mass is 16.1. The molecule has 0 bridgehead atoms. The van der Waals surface area contributed by atoms with Crippen molar-refractivity contribution in [2.24, 2.45) is 10.7 Å². The third-order valence-electron chi connectivity index (χ3n) is 1.14. The van der Waals surface area contributed by atoms with E-state index < -0.39 is 5.91 Å². The lowest BCUT2D eigenvalue weighted by Crippen LogP contribution is -2.14. The molecule has 0 aromatic heterocycles. The van der Waals surface area contributed by atoms with Crippen molar-refractivity contribution in [3.63, 3.8) is 0 Å². The van der Waals surface area contributed by atoms with Crippen LogP contribution in [0.1, 0.15) is 0 Å². The Balaban J connectivity index is 2.83. The maximum Gasteiger partial charge on any atom is 0.250 e. The SMILES string of the molecule is NC(=O)C1=CC=CCN=C1. The van der Waals surface area contributed by atoms with Crippen LogP contribution in [0.25, 0.3) is 0 Å². The topological polar surface area (TPSA) is 55.5 Å². The van der Waals surface area contributed by atoms with E-state index in [9.17, 15) is 4.79 Å². The fourth-order valence-electron chi connectivity index (χ4n) is 0.633. The largest absolute Gasteiger partial charge is 0.366 e. The molecule has 1 amide bonds. The molecule has 1 rings (SSSR count). The zero-order valence-electron chi connectivity index (χ0n) is 5.45. The highest BCUT2D eigenvalue weighted by Crippen LogP contribution is 1.94. The van der Waals surface area contributed by atoms with Crippen molar-refractivity contribution < 1.29 is 4.79 Å². The van der Waals surface area contributed by atoms with Crippen molar-refractivity contribution in [1.29, 1.82) is 0 Å². The van der Waals surface area contributed by atoms with Crippen LogP contribution in [0.3, 0.4) is 0 Å². The summed E-state index contributed by atoms with van der Waals surface area (Å²) in [5, 5.41) is 0. The van der Waals surface area contributed by atoms with Gasteiger partial charge in [-0.1, -0.05) is 12.2 Å². The number of carbonyl (C=O) groups excluding carboxylic acids is 1. The van der Waals surface area contributed by atoms with Gasteiger partial charge in [0, 0.05) is 6.21 Å². The van der Waals surface area contributed by atoms with Crippen molar-refractivity contribution in [3.05, 3.63) is 23.8 Å². The summed E-state index contributed by atoms with van der Waals surface area (Å²) in [6.45, 7) is 0.618. The van der Waals surface area contributed by atoms with E-state index in [1.54, 1.807) is 12.2 Å². The molecule has 1 heterocycles. The normalized spacial score (nSPS) is 16.2. The average molecular weight is 136 g/mol. The number of nitrogens with two attached hydrogens (primary N) is 1. The quantitative estimate of drug-likeness (QED) is 0.543. The number of hydrogen-bond donors (Lipinski definition) is 1. The van der Waals surface area contributed by atoms with Gasteiger partial charge in [0.15, 0.2) is 0 Å². The monoisotopic (exact) mass is 136 g/mol. The summed E-state index contributed by atoms with van der Waals surface area (Å²) in [7, 11) is 0. The molecular weight excluding hydrogens is 128 g/mol. The number of amides is 1. The van der Waals surface area contributed by atoms with Crippen LogP contribution in [0, 0.1) is 0 Å². The van der Waals surface area contributed by atoms with E-state index >= 15 is 0 Å². The smallest absolute Gasteiger partial charge is 0.250 e. The van der Waals surface area contributed by atoms with E-state index in [1.165, 1.54) is 6.21 Å². The van der Waals surface area contributed by atoms with E-state index in [0.717, 1.165) is 0 Å². The fraction of sp³-hybridized carbons (Fsp3) is 0.143. The summed E-state index contributed by atoms with van der Waals surface area (Å²) in [5.41, 5.74) is 5.46. The lowest BCUT2D eigenvalue weighted by molar-refractivity contribution is -0.114. The number of rotatable bonds is 1. The van der Waals surface area contributed by atoms with E-state index in [4.69, 9.17) is 5.73 Å². The van der Waals surface area contributed by atoms with Gasteiger partial charge in [-0.3, -0.25) is 9.79 Å². The Morgan fingerprint density at radius 3 is 3.20 bits per heavy atom. The number of hydrogen-bond acceptors (Lipinski definition) is 2. The van der Waals surface area contributed by atoms with Crippen LogP contribution in [-0.4, -0.2) is 18.7 Å². The Kier molecular flexibility index (Phi) is 1.99. The minimum Gasteiger partial charge on any atom is -0.366 e. The van der Waals surface area contributed by atoms with Crippen LogP contribution in [0.2, 0.25) is 0 Å². The first kappa shape index (κ1) is 6.74. The van der Waals surface area contributed by atoms with Crippen LogP contribution in [0.4, 0.5) is 0 Å². The first-order valence-electron chi connectivity index (χ1n) is 2.97. The molecule has 2 N–H and O–H groups in total. The molecule has 0 atom stereocenters. The maximum atomic E-state index is 10.5. The van der Waals surface area contributed by atoms with Gasteiger partial charge < -0.3 is 5.73 Å². The Bertz CT molecular complexity index is 226. The minimum absolute atomic E-state index is 0.435. The summed E-state index contributed by atoms with van der Waals surface area (Å²) >= 11 is 0. The van der Waals surface area contributed by atoms with Gasteiger partial charge in [0.05, 0.1) is 12.1 Å². The molecule has 0 fully saturated rings. The number of aliphatic imine (C=N–C) groups is 1.